The maximum atomic E-state index is 6.38. The van der Waals surface area contributed by atoms with Crippen LogP contribution in [-0.4, -0.2) is 27.3 Å². The van der Waals surface area contributed by atoms with E-state index in [9.17, 15) is 0 Å². The van der Waals surface area contributed by atoms with Crippen LogP contribution in [0.4, 0.5) is 0 Å². The van der Waals surface area contributed by atoms with Crippen molar-refractivity contribution in [2.45, 2.75) is 89.6 Å². The quantitative estimate of drug-likeness (QED) is 0.315. The van der Waals surface area contributed by atoms with Crippen LogP contribution in [-0.2, 0) is 13.9 Å². The van der Waals surface area contributed by atoms with E-state index in [2.05, 4.69) is 60.1 Å². The zero-order valence-corrected chi connectivity index (χ0v) is 18.6. The molecule has 0 aromatic carbocycles. The maximum absolute atomic E-state index is 6.38. The fraction of sp³-hybridized carbons (Fsp3) is 0.818. The van der Waals surface area contributed by atoms with Crippen LogP contribution < -0.4 is 0 Å². The number of ether oxygens (including phenoxy) is 2. The predicted octanol–water partition coefficient (Wildman–Crippen LogP) is 5.87. The van der Waals surface area contributed by atoms with Crippen LogP contribution in [0.2, 0.25) is 16.6 Å². The lowest BCUT2D eigenvalue weighted by Crippen LogP contribution is -2.46. The highest BCUT2D eigenvalue weighted by Crippen LogP contribution is 2.49. The summed E-state index contributed by atoms with van der Waals surface area (Å²) in [5.74, 6) is 3.83. The molecule has 1 saturated carbocycles. The van der Waals surface area contributed by atoms with Gasteiger partial charge in [-0.05, 0) is 35.4 Å². The Hall–Kier alpha value is -0.763. The van der Waals surface area contributed by atoms with E-state index in [0.717, 1.165) is 25.7 Å². The second kappa shape index (κ2) is 8.95. The molecule has 1 saturated heterocycles. The highest BCUT2D eigenvalue weighted by Gasteiger charge is 2.51. The Bertz CT molecular complexity index is 501. The van der Waals surface area contributed by atoms with Crippen LogP contribution >= 0.6 is 0 Å². The lowest BCUT2D eigenvalue weighted by Gasteiger charge is -2.39. The number of allylic oxidation sites excluding steroid dienone is 1. The molecule has 2 rings (SSSR count). The molecule has 0 unspecified atom stereocenters. The zero-order chi connectivity index (χ0) is 19.4. The summed E-state index contributed by atoms with van der Waals surface area (Å²) in [7, 11) is -1.91. The first-order valence-corrected chi connectivity index (χ1v) is 12.5. The molecule has 26 heavy (non-hydrogen) atoms. The average molecular weight is 379 g/mol. The molecule has 1 spiro atoms. The molecule has 2 aliphatic rings. The molecule has 1 heterocycles. The molecule has 3 nitrogen and oxygen atoms in total. The van der Waals surface area contributed by atoms with Crippen LogP contribution in [0.25, 0.3) is 0 Å². The second-order valence-electron chi connectivity index (χ2n) is 8.84. The van der Waals surface area contributed by atoms with Crippen molar-refractivity contribution in [3.63, 3.8) is 0 Å². The third-order valence-electron chi connectivity index (χ3n) is 6.57. The van der Waals surface area contributed by atoms with E-state index < -0.39 is 8.32 Å². The molecule has 0 bridgehead atoms. The van der Waals surface area contributed by atoms with Gasteiger partial charge in [0.05, 0.1) is 19.3 Å². The highest BCUT2D eigenvalue weighted by molar-refractivity contribution is 6.77. The van der Waals surface area contributed by atoms with Gasteiger partial charge in [-0.15, -0.1) is 6.58 Å². The Kier molecular flexibility index (Phi) is 7.41. The van der Waals surface area contributed by atoms with Gasteiger partial charge in [0, 0.05) is 18.8 Å². The summed E-state index contributed by atoms with van der Waals surface area (Å²) < 4.78 is 18.4. The summed E-state index contributed by atoms with van der Waals surface area (Å²) in [6.45, 7) is 19.1. The maximum Gasteiger partial charge on any atom is 0.272 e. The molecule has 0 N–H and O–H groups in total. The first-order chi connectivity index (χ1) is 12.3. The van der Waals surface area contributed by atoms with Gasteiger partial charge in [-0.25, -0.2) is 0 Å². The second-order valence-corrected chi connectivity index (χ2v) is 14.2. The zero-order valence-electron chi connectivity index (χ0n) is 17.6. The van der Waals surface area contributed by atoms with Crippen molar-refractivity contribution < 1.29 is 13.9 Å². The molecule has 2 fully saturated rings. The molecule has 0 amide bonds. The summed E-state index contributed by atoms with van der Waals surface area (Å²) in [6, 6.07) is 0. The highest BCUT2D eigenvalue weighted by atomic mass is 28.4. The summed E-state index contributed by atoms with van der Waals surface area (Å²) >= 11 is 0. The summed E-state index contributed by atoms with van der Waals surface area (Å²) in [5.41, 5.74) is 1.67. The minimum Gasteiger partial charge on any atom is -0.500 e. The van der Waals surface area contributed by atoms with E-state index in [1.54, 1.807) is 0 Å². The van der Waals surface area contributed by atoms with Gasteiger partial charge in [0.25, 0.3) is 8.32 Å². The van der Waals surface area contributed by atoms with Crippen molar-refractivity contribution >= 4 is 8.32 Å². The minimum absolute atomic E-state index is 0.360. The molecular formula is C22H38O3Si. The Morgan fingerprint density at radius 2 is 1.69 bits per heavy atom. The number of rotatable bonds is 7. The van der Waals surface area contributed by atoms with Crippen molar-refractivity contribution in [2.75, 3.05) is 13.2 Å². The number of hydrogen-bond donors (Lipinski definition) is 0. The van der Waals surface area contributed by atoms with E-state index in [1.165, 1.54) is 0 Å². The van der Waals surface area contributed by atoms with Gasteiger partial charge in [-0.1, -0.05) is 53.5 Å². The van der Waals surface area contributed by atoms with E-state index in [-0.39, 0.29) is 5.79 Å². The fourth-order valence-corrected chi connectivity index (χ4v) is 10.4. The third-order valence-corrected chi connectivity index (χ3v) is 12.4. The molecule has 0 radical (unpaired) electrons. The van der Waals surface area contributed by atoms with E-state index >= 15 is 0 Å². The van der Waals surface area contributed by atoms with Gasteiger partial charge in [0.15, 0.2) is 5.79 Å². The van der Waals surface area contributed by atoms with Crippen LogP contribution in [0, 0.1) is 23.9 Å². The summed E-state index contributed by atoms with van der Waals surface area (Å²) in [6.07, 6.45) is 9.00. The molecule has 1 aliphatic heterocycles. The smallest absolute Gasteiger partial charge is 0.272 e. The molecule has 2 atom stereocenters. The van der Waals surface area contributed by atoms with Gasteiger partial charge in [-0.3, -0.25) is 0 Å². The van der Waals surface area contributed by atoms with E-state index in [0.29, 0.717) is 41.7 Å². The summed E-state index contributed by atoms with van der Waals surface area (Å²) in [5, 5.41) is 0. The van der Waals surface area contributed by atoms with Crippen LogP contribution in [0.3, 0.4) is 0 Å². The largest absolute Gasteiger partial charge is 0.500 e. The molecule has 148 valence electrons. The molecule has 1 aliphatic carbocycles. The van der Waals surface area contributed by atoms with Crippen molar-refractivity contribution in [2.24, 2.45) is 11.8 Å². The normalized spacial score (nSPS) is 25.1. The molecular weight excluding hydrogens is 340 g/mol. The molecule has 4 heteroatoms. The standard InChI is InChI=1S/C22H38O3Si/c1-8-10-21-20(12-13-22(21)23-15-16-24-22)11-9-14-25-26(17(2)3,18(4)5)19(6)7/h8,17-21H,1,10-13,15-16H2,2-7H3/t20-,21+/m0/s1. The Balaban J connectivity index is 2.05. The third kappa shape index (κ3) is 4.05. The Labute approximate surface area is 162 Å². The minimum atomic E-state index is -1.91. The lowest BCUT2D eigenvalue weighted by molar-refractivity contribution is -0.185. The van der Waals surface area contributed by atoms with Crippen LogP contribution in [0.5, 0.6) is 0 Å². The van der Waals surface area contributed by atoms with Crippen molar-refractivity contribution in [3.05, 3.63) is 12.7 Å². The number of hydrogen-bond acceptors (Lipinski definition) is 3. The van der Waals surface area contributed by atoms with Crippen LogP contribution in [0.15, 0.2) is 12.7 Å². The van der Waals surface area contributed by atoms with Crippen LogP contribution in [0.1, 0.15) is 67.2 Å². The van der Waals surface area contributed by atoms with Crippen molar-refractivity contribution in [1.29, 1.82) is 0 Å². The van der Waals surface area contributed by atoms with Gasteiger partial charge >= 0.3 is 0 Å². The van der Waals surface area contributed by atoms with E-state index in [4.69, 9.17) is 13.9 Å². The average Bonchev–Trinajstić information content (AvgIpc) is 3.16. The Morgan fingerprint density at radius 1 is 1.12 bits per heavy atom. The molecule has 0 aromatic rings. The lowest BCUT2D eigenvalue weighted by atomic mass is 9.87. The fourth-order valence-electron chi connectivity index (χ4n) is 5.41. The van der Waals surface area contributed by atoms with Gasteiger partial charge in [0.2, 0.25) is 0 Å². The SMILES string of the molecule is C=CC[C@@H]1[C@@H](CC#CO[Si](C(C)C)(C(C)C)C(C)C)CCC12OCCO2. The van der Waals surface area contributed by atoms with Gasteiger partial charge in [-0.2, -0.15) is 0 Å². The summed E-state index contributed by atoms with van der Waals surface area (Å²) in [4.78, 5) is 0. The van der Waals surface area contributed by atoms with Crippen molar-refractivity contribution in [1.82, 2.24) is 0 Å². The topological polar surface area (TPSA) is 27.7 Å². The molecule has 0 aromatic heterocycles. The van der Waals surface area contributed by atoms with Crippen molar-refractivity contribution in [3.8, 4) is 12.0 Å². The Morgan fingerprint density at radius 3 is 2.19 bits per heavy atom. The van der Waals surface area contributed by atoms with Gasteiger partial charge in [0.1, 0.15) is 0 Å². The monoisotopic (exact) mass is 378 g/mol. The van der Waals surface area contributed by atoms with Gasteiger partial charge < -0.3 is 13.9 Å². The first-order valence-electron chi connectivity index (χ1n) is 10.3. The predicted molar refractivity (Wildman–Crippen MR) is 110 cm³/mol. The van der Waals surface area contributed by atoms with E-state index in [1.807, 2.05) is 6.08 Å². The first kappa shape index (κ1) is 21.5.